The number of nitrogens with zero attached hydrogens (tertiary/aromatic N) is 1. The van der Waals surface area contributed by atoms with Crippen LogP contribution in [0, 0.1) is 11.8 Å². The first-order valence-corrected chi connectivity index (χ1v) is 6.57. The Labute approximate surface area is 98.6 Å². The smallest absolute Gasteiger partial charge is 0.242 e. The number of carbonyl (C=O) groups is 1. The third kappa shape index (κ3) is 2.10. The van der Waals surface area contributed by atoms with E-state index in [0.29, 0.717) is 11.8 Å². The second-order valence-electron chi connectivity index (χ2n) is 5.86. The van der Waals surface area contributed by atoms with Crippen molar-refractivity contribution in [2.24, 2.45) is 11.8 Å². The minimum Gasteiger partial charge on any atom is -0.341 e. The van der Waals surface area contributed by atoms with Crippen LogP contribution in [-0.2, 0) is 4.79 Å². The van der Waals surface area contributed by atoms with Crippen LogP contribution in [0.15, 0.2) is 0 Å². The van der Waals surface area contributed by atoms with Gasteiger partial charge in [0.2, 0.25) is 5.91 Å². The molecule has 2 aliphatic rings. The van der Waals surface area contributed by atoms with Gasteiger partial charge < -0.3 is 10.2 Å². The lowest BCUT2D eigenvalue weighted by Crippen LogP contribution is -2.55. The first-order valence-electron chi connectivity index (χ1n) is 6.57. The van der Waals surface area contributed by atoms with Crippen molar-refractivity contribution >= 4 is 5.91 Å². The zero-order chi connectivity index (χ0) is 11.8. The van der Waals surface area contributed by atoms with Crippen LogP contribution in [0.1, 0.15) is 40.0 Å². The molecule has 3 unspecified atom stereocenters. The summed E-state index contributed by atoms with van der Waals surface area (Å²) in [4.78, 5) is 14.5. The summed E-state index contributed by atoms with van der Waals surface area (Å²) in [6, 6.07) is 0. The number of rotatable bonds is 1. The number of likely N-dealkylation sites (tertiary alicyclic amines) is 1. The zero-order valence-corrected chi connectivity index (χ0v) is 10.8. The maximum Gasteiger partial charge on any atom is 0.242 e. The van der Waals surface area contributed by atoms with Gasteiger partial charge in [0.15, 0.2) is 0 Å². The van der Waals surface area contributed by atoms with Crippen molar-refractivity contribution in [3.05, 3.63) is 0 Å². The van der Waals surface area contributed by atoms with Crippen molar-refractivity contribution in [1.82, 2.24) is 10.2 Å². The molecule has 0 radical (unpaired) electrons. The first-order chi connectivity index (χ1) is 7.53. The molecule has 0 aromatic rings. The van der Waals surface area contributed by atoms with E-state index in [4.69, 9.17) is 0 Å². The molecule has 2 rings (SSSR count). The lowest BCUT2D eigenvalue weighted by atomic mass is 9.87. The Kier molecular flexibility index (Phi) is 3.24. The average molecular weight is 224 g/mol. The summed E-state index contributed by atoms with van der Waals surface area (Å²) in [6.07, 6.45) is 3.28. The lowest BCUT2D eigenvalue weighted by molar-refractivity contribution is -0.139. The molecule has 16 heavy (non-hydrogen) atoms. The number of hydrogen-bond acceptors (Lipinski definition) is 2. The monoisotopic (exact) mass is 224 g/mol. The highest BCUT2D eigenvalue weighted by atomic mass is 16.2. The van der Waals surface area contributed by atoms with E-state index in [1.807, 2.05) is 0 Å². The summed E-state index contributed by atoms with van der Waals surface area (Å²) < 4.78 is 0. The van der Waals surface area contributed by atoms with Crippen molar-refractivity contribution in [3.63, 3.8) is 0 Å². The van der Waals surface area contributed by atoms with E-state index >= 15 is 0 Å². The minimum absolute atomic E-state index is 0.277. The van der Waals surface area contributed by atoms with E-state index in [1.165, 1.54) is 0 Å². The molecule has 0 aromatic carbocycles. The number of hydrogen-bond donors (Lipinski definition) is 1. The van der Waals surface area contributed by atoms with Crippen LogP contribution in [-0.4, -0.2) is 36.0 Å². The highest BCUT2D eigenvalue weighted by molar-refractivity contribution is 5.86. The molecule has 0 saturated carbocycles. The molecular weight excluding hydrogens is 200 g/mol. The van der Waals surface area contributed by atoms with Gasteiger partial charge in [0, 0.05) is 13.1 Å². The summed E-state index contributed by atoms with van der Waals surface area (Å²) in [7, 11) is 0. The minimum atomic E-state index is -0.277. The molecular formula is C13H24N2O. The van der Waals surface area contributed by atoms with Gasteiger partial charge >= 0.3 is 0 Å². The molecule has 1 N–H and O–H groups in total. The van der Waals surface area contributed by atoms with Crippen LogP contribution in [0.4, 0.5) is 0 Å². The molecule has 3 atom stereocenters. The standard InChI is InChI=1S/C13H24N2O/c1-10-5-8-15(9-11(10)2)12(16)13(3)6-4-7-14-13/h10-11,14H,4-9H2,1-3H3. The molecule has 2 fully saturated rings. The second kappa shape index (κ2) is 4.36. The molecule has 0 aliphatic carbocycles. The van der Waals surface area contributed by atoms with Gasteiger partial charge in [-0.2, -0.15) is 0 Å². The van der Waals surface area contributed by atoms with Crippen LogP contribution >= 0.6 is 0 Å². The van der Waals surface area contributed by atoms with E-state index in [1.54, 1.807) is 0 Å². The van der Waals surface area contributed by atoms with Crippen LogP contribution in [0.5, 0.6) is 0 Å². The Hall–Kier alpha value is -0.570. The van der Waals surface area contributed by atoms with Crippen LogP contribution in [0.2, 0.25) is 0 Å². The SMILES string of the molecule is CC1CCN(C(=O)C2(C)CCCN2)CC1C. The average Bonchev–Trinajstić information content (AvgIpc) is 2.70. The highest BCUT2D eigenvalue weighted by Gasteiger charge is 2.40. The molecule has 2 aliphatic heterocycles. The second-order valence-corrected chi connectivity index (χ2v) is 5.86. The quantitative estimate of drug-likeness (QED) is 0.734. The van der Waals surface area contributed by atoms with Crippen molar-refractivity contribution in [3.8, 4) is 0 Å². The van der Waals surface area contributed by atoms with Crippen molar-refractivity contribution in [2.45, 2.75) is 45.6 Å². The topological polar surface area (TPSA) is 32.3 Å². The Morgan fingerprint density at radius 3 is 2.69 bits per heavy atom. The van der Waals surface area contributed by atoms with Crippen molar-refractivity contribution in [1.29, 1.82) is 0 Å². The molecule has 0 spiro atoms. The number of piperidine rings is 1. The third-order valence-corrected chi connectivity index (χ3v) is 4.46. The lowest BCUT2D eigenvalue weighted by Gasteiger charge is -2.39. The van der Waals surface area contributed by atoms with Gasteiger partial charge in [-0.3, -0.25) is 4.79 Å². The maximum atomic E-state index is 12.4. The van der Waals surface area contributed by atoms with Gasteiger partial charge in [0.1, 0.15) is 0 Å². The van der Waals surface area contributed by atoms with Crippen molar-refractivity contribution in [2.75, 3.05) is 19.6 Å². The number of carbonyl (C=O) groups excluding carboxylic acids is 1. The highest BCUT2D eigenvalue weighted by Crippen LogP contribution is 2.27. The number of nitrogens with one attached hydrogen (secondary N) is 1. The van der Waals surface area contributed by atoms with Crippen molar-refractivity contribution < 1.29 is 4.79 Å². The summed E-state index contributed by atoms with van der Waals surface area (Å²) >= 11 is 0. The fourth-order valence-corrected chi connectivity index (χ4v) is 2.87. The van der Waals surface area contributed by atoms with Crippen LogP contribution in [0.25, 0.3) is 0 Å². The Bertz CT molecular complexity index is 271. The summed E-state index contributed by atoms with van der Waals surface area (Å²) in [6.45, 7) is 9.49. The zero-order valence-electron chi connectivity index (χ0n) is 10.8. The van der Waals surface area contributed by atoms with Gasteiger partial charge in [-0.25, -0.2) is 0 Å². The van der Waals surface area contributed by atoms with Gasteiger partial charge in [-0.1, -0.05) is 13.8 Å². The van der Waals surface area contributed by atoms with Gasteiger partial charge in [-0.15, -0.1) is 0 Å². The summed E-state index contributed by atoms with van der Waals surface area (Å²) in [5, 5.41) is 3.36. The largest absolute Gasteiger partial charge is 0.341 e. The predicted molar refractivity (Wildman–Crippen MR) is 65.2 cm³/mol. The molecule has 92 valence electrons. The van der Waals surface area contributed by atoms with Crippen LogP contribution in [0.3, 0.4) is 0 Å². The number of amides is 1. The first kappa shape index (κ1) is 11.9. The fourth-order valence-electron chi connectivity index (χ4n) is 2.87. The molecule has 3 nitrogen and oxygen atoms in total. The Balaban J connectivity index is 2.00. The van der Waals surface area contributed by atoms with Gasteiger partial charge in [0.05, 0.1) is 5.54 Å². The molecule has 0 bridgehead atoms. The summed E-state index contributed by atoms with van der Waals surface area (Å²) in [5.41, 5.74) is -0.277. The Morgan fingerprint density at radius 2 is 2.12 bits per heavy atom. The predicted octanol–water partition coefficient (Wildman–Crippen LogP) is 1.63. The molecule has 1 amide bonds. The summed E-state index contributed by atoms with van der Waals surface area (Å²) in [5.74, 6) is 1.72. The fraction of sp³-hybridized carbons (Fsp3) is 0.923. The van der Waals surface area contributed by atoms with Gasteiger partial charge in [-0.05, 0) is 44.6 Å². The van der Waals surface area contributed by atoms with E-state index in [-0.39, 0.29) is 5.54 Å². The normalized spacial score (nSPS) is 40.1. The molecule has 3 heteroatoms. The van der Waals surface area contributed by atoms with E-state index in [2.05, 4.69) is 31.0 Å². The third-order valence-electron chi connectivity index (χ3n) is 4.46. The van der Waals surface area contributed by atoms with E-state index in [9.17, 15) is 4.79 Å². The van der Waals surface area contributed by atoms with E-state index in [0.717, 1.165) is 44.8 Å². The van der Waals surface area contributed by atoms with Gasteiger partial charge in [0.25, 0.3) is 0 Å². The Morgan fingerprint density at radius 1 is 1.38 bits per heavy atom. The molecule has 2 heterocycles. The molecule has 2 saturated heterocycles. The van der Waals surface area contributed by atoms with Crippen LogP contribution < -0.4 is 5.32 Å². The maximum absolute atomic E-state index is 12.4. The molecule has 0 aromatic heterocycles. The van der Waals surface area contributed by atoms with E-state index < -0.39 is 0 Å².